The van der Waals surface area contributed by atoms with Crippen LogP contribution in [0.15, 0.2) is 42.5 Å². The molecule has 0 saturated heterocycles. The number of rotatable bonds is 6. The van der Waals surface area contributed by atoms with Gasteiger partial charge >= 0.3 is 0 Å². The van der Waals surface area contributed by atoms with E-state index >= 15 is 0 Å². The number of carbonyl (C=O) groups excluding carboxylic acids is 2. The normalized spacial score (nSPS) is 10.3. The molecular weight excluding hydrogens is 351 g/mol. The molecule has 0 aliphatic carbocycles. The van der Waals surface area contributed by atoms with Crippen LogP contribution in [0.4, 0.5) is 15.8 Å². The molecule has 0 saturated carbocycles. The van der Waals surface area contributed by atoms with Crippen molar-refractivity contribution in [2.24, 2.45) is 0 Å². The maximum atomic E-state index is 12.8. The Hall–Kier alpha value is -2.05. The van der Waals surface area contributed by atoms with Gasteiger partial charge in [0.1, 0.15) is 5.82 Å². The van der Waals surface area contributed by atoms with Crippen molar-refractivity contribution in [1.82, 2.24) is 0 Å². The van der Waals surface area contributed by atoms with Gasteiger partial charge in [0.25, 0.3) is 0 Å². The van der Waals surface area contributed by atoms with Crippen LogP contribution >= 0.6 is 23.4 Å². The van der Waals surface area contributed by atoms with Gasteiger partial charge in [-0.15, -0.1) is 11.8 Å². The first-order valence-electron chi connectivity index (χ1n) is 7.13. The highest BCUT2D eigenvalue weighted by atomic mass is 35.5. The van der Waals surface area contributed by atoms with Crippen LogP contribution < -0.4 is 10.6 Å². The molecule has 0 unspecified atom stereocenters. The van der Waals surface area contributed by atoms with E-state index in [0.29, 0.717) is 16.4 Å². The third kappa shape index (κ3) is 5.86. The minimum Gasteiger partial charge on any atom is -0.325 e. The lowest BCUT2D eigenvalue weighted by Gasteiger charge is -2.09. The summed E-state index contributed by atoms with van der Waals surface area (Å²) in [4.78, 5) is 23.6. The average Bonchev–Trinajstić information content (AvgIpc) is 2.52. The smallest absolute Gasteiger partial charge is 0.234 e. The van der Waals surface area contributed by atoms with Crippen molar-refractivity contribution in [3.8, 4) is 0 Å². The highest BCUT2D eigenvalue weighted by molar-refractivity contribution is 8.00. The van der Waals surface area contributed by atoms with Crippen LogP contribution in [0.3, 0.4) is 0 Å². The molecule has 0 heterocycles. The largest absolute Gasteiger partial charge is 0.325 e. The third-order valence-corrected chi connectivity index (χ3v) is 4.22. The molecular formula is C17H16ClFN2O2S. The number of benzene rings is 2. The van der Waals surface area contributed by atoms with Crippen LogP contribution in [0.1, 0.15) is 5.56 Å². The summed E-state index contributed by atoms with van der Waals surface area (Å²) in [6, 6.07) is 10.7. The lowest BCUT2D eigenvalue weighted by molar-refractivity contribution is -0.114. The molecule has 0 aromatic heterocycles. The number of thioether (sulfide) groups is 1. The molecule has 2 aromatic carbocycles. The number of aryl methyl sites for hydroxylation is 1. The molecule has 0 aliphatic rings. The van der Waals surface area contributed by atoms with Crippen LogP contribution in [0.5, 0.6) is 0 Å². The Kier molecular flexibility index (Phi) is 6.63. The van der Waals surface area contributed by atoms with Crippen LogP contribution in [0.25, 0.3) is 0 Å². The molecule has 0 spiro atoms. The van der Waals surface area contributed by atoms with Crippen molar-refractivity contribution in [2.45, 2.75) is 6.92 Å². The maximum absolute atomic E-state index is 12.8. The lowest BCUT2D eigenvalue weighted by Crippen LogP contribution is -2.18. The Morgan fingerprint density at radius 2 is 1.67 bits per heavy atom. The van der Waals surface area contributed by atoms with Gasteiger partial charge in [0.05, 0.1) is 11.5 Å². The van der Waals surface area contributed by atoms with Gasteiger partial charge < -0.3 is 10.6 Å². The SMILES string of the molecule is Cc1cc(Cl)ccc1NC(=O)CSCC(=O)Nc1ccc(F)cc1. The molecule has 2 N–H and O–H groups in total. The van der Waals surface area contributed by atoms with E-state index in [0.717, 1.165) is 5.56 Å². The first kappa shape index (κ1) is 18.3. The van der Waals surface area contributed by atoms with E-state index in [-0.39, 0.29) is 29.1 Å². The zero-order valence-corrected chi connectivity index (χ0v) is 14.5. The first-order chi connectivity index (χ1) is 11.4. The molecule has 0 aliphatic heterocycles. The van der Waals surface area contributed by atoms with Crippen molar-refractivity contribution in [2.75, 3.05) is 22.1 Å². The molecule has 2 aromatic rings. The van der Waals surface area contributed by atoms with Crippen molar-refractivity contribution in [3.63, 3.8) is 0 Å². The fourth-order valence-electron chi connectivity index (χ4n) is 1.92. The van der Waals surface area contributed by atoms with Crippen molar-refractivity contribution in [1.29, 1.82) is 0 Å². The van der Waals surface area contributed by atoms with E-state index in [1.165, 1.54) is 36.0 Å². The Morgan fingerprint density at radius 1 is 1.04 bits per heavy atom. The number of hydrogen-bond donors (Lipinski definition) is 2. The summed E-state index contributed by atoms with van der Waals surface area (Å²) in [7, 11) is 0. The fraction of sp³-hybridized carbons (Fsp3) is 0.176. The predicted molar refractivity (Wildman–Crippen MR) is 97.2 cm³/mol. The molecule has 2 amide bonds. The minimum atomic E-state index is -0.364. The number of hydrogen-bond acceptors (Lipinski definition) is 3. The summed E-state index contributed by atoms with van der Waals surface area (Å²) in [6.07, 6.45) is 0. The lowest BCUT2D eigenvalue weighted by atomic mass is 10.2. The first-order valence-corrected chi connectivity index (χ1v) is 8.66. The predicted octanol–water partition coefficient (Wildman–Crippen LogP) is 4.10. The third-order valence-electron chi connectivity index (χ3n) is 3.06. The highest BCUT2D eigenvalue weighted by Gasteiger charge is 2.08. The van der Waals surface area contributed by atoms with Gasteiger partial charge in [0, 0.05) is 16.4 Å². The molecule has 0 bridgehead atoms. The zero-order chi connectivity index (χ0) is 17.5. The van der Waals surface area contributed by atoms with E-state index in [1.54, 1.807) is 18.2 Å². The second-order valence-corrected chi connectivity index (χ2v) is 6.48. The quantitative estimate of drug-likeness (QED) is 0.809. The summed E-state index contributed by atoms with van der Waals surface area (Å²) >= 11 is 7.06. The molecule has 0 radical (unpaired) electrons. The Balaban J connectivity index is 1.73. The maximum Gasteiger partial charge on any atom is 0.234 e. The average molecular weight is 367 g/mol. The molecule has 2 rings (SSSR count). The number of nitrogens with one attached hydrogen (secondary N) is 2. The number of halogens is 2. The zero-order valence-electron chi connectivity index (χ0n) is 12.9. The standard InChI is InChI=1S/C17H16ClFN2O2S/c1-11-8-12(18)2-7-15(11)21-17(23)10-24-9-16(22)20-14-5-3-13(19)4-6-14/h2-8H,9-10H2,1H3,(H,20,22)(H,21,23). The molecule has 0 fully saturated rings. The Labute approximate surface area is 148 Å². The van der Waals surface area contributed by atoms with Gasteiger partial charge in [0.2, 0.25) is 11.8 Å². The van der Waals surface area contributed by atoms with Crippen LogP contribution in [0, 0.1) is 12.7 Å². The number of anilines is 2. The van der Waals surface area contributed by atoms with Gasteiger partial charge in [-0.2, -0.15) is 0 Å². The van der Waals surface area contributed by atoms with Gasteiger partial charge in [-0.3, -0.25) is 9.59 Å². The number of carbonyl (C=O) groups is 2. The van der Waals surface area contributed by atoms with E-state index in [1.807, 2.05) is 6.92 Å². The van der Waals surface area contributed by atoms with E-state index in [2.05, 4.69) is 10.6 Å². The number of amides is 2. The van der Waals surface area contributed by atoms with E-state index in [9.17, 15) is 14.0 Å². The fourth-order valence-corrected chi connectivity index (χ4v) is 2.76. The molecule has 126 valence electrons. The minimum absolute atomic E-state index is 0.129. The van der Waals surface area contributed by atoms with Crippen molar-refractivity contribution >= 4 is 46.6 Å². The summed E-state index contributed by atoms with van der Waals surface area (Å²) in [5, 5.41) is 6.02. The van der Waals surface area contributed by atoms with Crippen molar-refractivity contribution < 1.29 is 14.0 Å². The summed E-state index contributed by atoms with van der Waals surface area (Å²) < 4.78 is 12.8. The van der Waals surface area contributed by atoms with Gasteiger partial charge in [-0.05, 0) is 55.0 Å². The molecule has 24 heavy (non-hydrogen) atoms. The molecule has 7 heteroatoms. The topological polar surface area (TPSA) is 58.2 Å². The van der Waals surface area contributed by atoms with Gasteiger partial charge in [0.15, 0.2) is 0 Å². The summed E-state index contributed by atoms with van der Waals surface area (Å²) in [5.41, 5.74) is 2.08. The Bertz CT molecular complexity index is 738. The van der Waals surface area contributed by atoms with Gasteiger partial charge in [-0.25, -0.2) is 4.39 Å². The summed E-state index contributed by atoms with van der Waals surface area (Å²) in [5.74, 6) is -0.526. The van der Waals surface area contributed by atoms with Crippen molar-refractivity contribution in [3.05, 3.63) is 58.9 Å². The van der Waals surface area contributed by atoms with Crippen LogP contribution in [-0.2, 0) is 9.59 Å². The van der Waals surface area contributed by atoms with Crippen LogP contribution in [-0.4, -0.2) is 23.3 Å². The highest BCUT2D eigenvalue weighted by Crippen LogP contribution is 2.19. The second kappa shape index (κ2) is 8.70. The van der Waals surface area contributed by atoms with Gasteiger partial charge in [-0.1, -0.05) is 11.6 Å². The van der Waals surface area contributed by atoms with Crippen LogP contribution in [0.2, 0.25) is 5.02 Å². The van der Waals surface area contributed by atoms with E-state index < -0.39 is 0 Å². The molecule has 4 nitrogen and oxygen atoms in total. The Morgan fingerprint density at radius 3 is 2.29 bits per heavy atom. The molecule has 0 atom stereocenters. The summed E-state index contributed by atoms with van der Waals surface area (Å²) in [6.45, 7) is 1.85. The second-order valence-electron chi connectivity index (χ2n) is 5.06. The monoisotopic (exact) mass is 366 g/mol. The van der Waals surface area contributed by atoms with E-state index in [4.69, 9.17) is 11.6 Å².